The third kappa shape index (κ3) is 1.91. The number of nitrogens with one attached hydrogen (secondary N) is 1. The van der Waals surface area contributed by atoms with E-state index in [-0.39, 0.29) is 5.91 Å². The summed E-state index contributed by atoms with van der Waals surface area (Å²) < 4.78 is 0. The number of rotatable bonds is 1. The van der Waals surface area contributed by atoms with Crippen molar-refractivity contribution in [3.05, 3.63) is 36.0 Å². The van der Waals surface area contributed by atoms with E-state index in [4.69, 9.17) is 0 Å². The number of aromatic nitrogens is 1. The van der Waals surface area contributed by atoms with E-state index in [1.165, 1.54) is 19.4 Å². The molecule has 1 amide bonds. The first kappa shape index (κ1) is 12.0. The smallest absolute Gasteiger partial charge is 0.253 e. The van der Waals surface area contributed by atoms with Gasteiger partial charge < -0.3 is 9.88 Å². The third-order valence-electron chi connectivity index (χ3n) is 4.67. The second kappa shape index (κ2) is 4.63. The predicted molar refractivity (Wildman–Crippen MR) is 78.8 cm³/mol. The van der Waals surface area contributed by atoms with E-state index in [9.17, 15) is 4.79 Å². The zero-order chi connectivity index (χ0) is 13.5. The molecule has 1 N–H and O–H groups in total. The van der Waals surface area contributed by atoms with Crippen LogP contribution in [0.4, 0.5) is 0 Å². The van der Waals surface area contributed by atoms with Gasteiger partial charge in [0.05, 0.1) is 0 Å². The Hall–Kier alpha value is -1.81. The first-order valence-electron chi connectivity index (χ1n) is 7.42. The van der Waals surface area contributed by atoms with Gasteiger partial charge in [-0.15, -0.1) is 0 Å². The Morgan fingerprint density at radius 2 is 2.15 bits per heavy atom. The lowest BCUT2D eigenvalue weighted by Gasteiger charge is -2.37. The molecule has 104 valence electrons. The van der Waals surface area contributed by atoms with Crippen molar-refractivity contribution in [2.45, 2.75) is 18.9 Å². The molecule has 1 atom stereocenters. The molecule has 20 heavy (non-hydrogen) atoms. The fraction of sp³-hybridized carbons (Fsp3) is 0.438. The number of carbonyl (C=O) groups excluding carboxylic acids is 1. The summed E-state index contributed by atoms with van der Waals surface area (Å²) >= 11 is 0. The average molecular weight is 269 g/mol. The predicted octanol–water partition coefficient (Wildman–Crippen LogP) is 2.09. The van der Waals surface area contributed by atoms with Crippen LogP contribution in [0.15, 0.2) is 30.5 Å². The maximum Gasteiger partial charge on any atom is 0.253 e. The van der Waals surface area contributed by atoms with Crippen LogP contribution in [0.25, 0.3) is 10.9 Å². The quantitative estimate of drug-likeness (QED) is 0.861. The fourth-order valence-corrected chi connectivity index (χ4v) is 3.54. The topological polar surface area (TPSA) is 39.3 Å². The zero-order valence-electron chi connectivity index (χ0n) is 11.5. The van der Waals surface area contributed by atoms with Gasteiger partial charge in [-0.1, -0.05) is 0 Å². The van der Waals surface area contributed by atoms with E-state index >= 15 is 0 Å². The highest BCUT2D eigenvalue weighted by atomic mass is 16.2. The van der Waals surface area contributed by atoms with Crippen LogP contribution in [-0.2, 0) is 0 Å². The number of amides is 1. The lowest BCUT2D eigenvalue weighted by molar-refractivity contribution is 0.0571. The molecule has 1 aromatic heterocycles. The van der Waals surface area contributed by atoms with Gasteiger partial charge in [-0.2, -0.15) is 0 Å². The summed E-state index contributed by atoms with van der Waals surface area (Å²) in [4.78, 5) is 20.4. The monoisotopic (exact) mass is 269 g/mol. The first-order chi connectivity index (χ1) is 9.81. The van der Waals surface area contributed by atoms with Crippen molar-refractivity contribution in [2.75, 3.05) is 26.2 Å². The summed E-state index contributed by atoms with van der Waals surface area (Å²) in [6.07, 6.45) is 4.43. The highest BCUT2D eigenvalue weighted by Gasteiger charge is 2.32. The Morgan fingerprint density at radius 1 is 1.20 bits per heavy atom. The number of hydrogen-bond donors (Lipinski definition) is 1. The number of nitrogens with zero attached hydrogens (tertiary/aromatic N) is 2. The minimum absolute atomic E-state index is 0.180. The average Bonchev–Trinajstić information content (AvgIpc) is 3.13. The van der Waals surface area contributed by atoms with Crippen molar-refractivity contribution in [3.63, 3.8) is 0 Å². The molecule has 4 nitrogen and oxygen atoms in total. The number of piperazine rings is 1. The number of benzene rings is 1. The number of aromatic amines is 1. The number of hydrogen-bond acceptors (Lipinski definition) is 2. The van der Waals surface area contributed by atoms with Gasteiger partial charge in [-0.25, -0.2) is 0 Å². The Kier molecular flexibility index (Phi) is 2.77. The molecule has 2 aliphatic rings. The van der Waals surface area contributed by atoms with Gasteiger partial charge in [0.2, 0.25) is 0 Å². The second-order valence-electron chi connectivity index (χ2n) is 5.86. The summed E-state index contributed by atoms with van der Waals surface area (Å²) in [7, 11) is 0. The normalized spacial score (nSPS) is 23.2. The van der Waals surface area contributed by atoms with Gasteiger partial charge in [0.25, 0.3) is 5.91 Å². The molecule has 0 unspecified atom stereocenters. The van der Waals surface area contributed by atoms with Crippen molar-refractivity contribution in [1.82, 2.24) is 14.8 Å². The summed E-state index contributed by atoms with van der Waals surface area (Å²) in [6, 6.07) is 8.52. The molecule has 0 spiro atoms. The van der Waals surface area contributed by atoms with Crippen LogP contribution in [-0.4, -0.2) is 52.9 Å². The van der Waals surface area contributed by atoms with E-state index in [0.717, 1.165) is 36.1 Å². The Morgan fingerprint density at radius 3 is 3.10 bits per heavy atom. The highest BCUT2D eigenvalue weighted by molar-refractivity contribution is 5.98. The van der Waals surface area contributed by atoms with Crippen molar-refractivity contribution in [2.24, 2.45) is 0 Å². The molecule has 0 bridgehead atoms. The van der Waals surface area contributed by atoms with Crippen LogP contribution in [0.3, 0.4) is 0 Å². The van der Waals surface area contributed by atoms with Gasteiger partial charge in [0, 0.05) is 48.3 Å². The van der Waals surface area contributed by atoms with E-state index in [1.54, 1.807) is 0 Å². The Labute approximate surface area is 118 Å². The van der Waals surface area contributed by atoms with Crippen molar-refractivity contribution < 1.29 is 4.79 Å². The van der Waals surface area contributed by atoms with Crippen LogP contribution in [0.5, 0.6) is 0 Å². The van der Waals surface area contributed by atoms with Crippen LogP contribution in [0, 0.1) is 0 Å². The van der Waals surface area contributed by atoms with Gasteiger partial charge in [-0.3, -0.25) is 9.69 Å². The molecule has 2 aliphatic heterocycles. The van der Waals surface area contributed by atoms with E-state index in [1.807, 2.05) is 35.4 Å². The number of carbonyl (C=O) groups is 1. The zero-order valence-corrected chi connectivity index (χ0v) is 11.5. The van der Waals surface area contributed by atoms with Crippen molar-refractivity contribution >= 4 is 16.8 Å². The second-order valence-corrected chi connectivity index (χ2v) is 5.86. The third-order valence-corrected chi connectivity index (χ3v) is 4.67. The largest absolute Gasteiger partial charge is 0.361 e. The van der Waals surface area contributed by atoms with Gasteiger partial charge in [0.1, 0.15) is 0 Å². The first-order valence-corrected chi connectivity index (χ1v) is 7.42. The standard InChI is InChI=1S/C16H19N3O/c20-16(13-3-4-15-12(10-13)5-6-17-15)19-9-8-18-7-1-2-14(18)11-19/h3-6,10,14,17H,1-2,7-9,11H2/t14-/m1/s1. The molecule has 2 saturated heterocycles. The number of fused-ring (bicyclic) bond motifs is 2. The van der Waals surface area contributed by atoms with Crippen molar-refractivity contribution in [3.8, 4) is 0 Å². The highest BCUT2D eigenvalue weighted by Crippen LogP contribution is 2.23. The van der Waals surface area contributed by atoms with Crippen LogP contribution >= 0.6 is 0 Å². The lowest BCUT2D eigenvalue weighted by Crippen LogP contribution is -2.52. The minimum atomic E-state index is 0.180. The molecule has 1 aromatic carbocycles. The van der Waals surface area contributed by atoms with Gasteiger partial charge in [-0.05, 0) is 43.7 Å². The molecule has 2 fully saturated rings. The molecule has 4 heteroatoms. The Balaban J connectivity index is 1.56. The molecular weight excluding hydrogens is 250 g/mol. The van der Waals surface area contributed by atoms with Crippen LogP contribution in [0.1, 0.15) is 23.2 Å². The molecule has 0 saturated carbocycles. The summed E-state index contributed by atoms with van der Waals surface area (Å²) in [5, 5.41) is 1.11. The van der Waals surface area contributed by atoms with Crippen molar-refractivity contribution in [1.29, 1.82) is 0 Å². The lowest BCUT2D eigenvalue weighted by atomic mass is 10.1. The summed E-state index contributed by atoms with van der Waals surface area (Å²) in [5.74, 6) is 0.180. The fourth-order valence-electron chi connectivity index (χ4n) is 3.54. The van der Waals surface area contributed by atoms with E-state index in [2.05, 4.69) is 9.88 Å². The maximum absolute atomic E-state index is 12.7. The van der Waals surface area contributed by atoms with E-state index < -0.39 is 0 Å². The maximum atomic E-state index is 12.7. The van der Waals surface area contributed by atoms with Gasteiger partial charge >= 0.3 is 0 Å². The number of H-pyrrole nitrogens is 1. The molecule has 4 rings (SSSR count). The summed E-state index contributed by atoms with van der Waals surface area (Å²) in [5.41, 5.74) is 1.89. The van der Waals surface area contributed by atoms with E-state index in [0.29, 0.717) is 6.04 Å². The van der Waals surface area contributed by atoms with Gasteiger partial charge in [0.15, 0.2) is 0 Å². The molecule has 2 aromatic rings. The minimum Gasteiger partial charge on any atom is -0.361 e. The SMILES string of the molecule is O=C(c1ccc2[nH]ccc2c1)N1CCN2CCC[C@@H]2C1. The van der Waals surface area contributed by atoms with Crippen LogP contribution in [0.2, 0.25) is 0 Å². The Bertz CT molecular complexity index is 648. The van der Waals surface area contributed by atoms with Crippen LogP contribution < -0.4 is 0 Å². The molecular formula is C16H19N3O. The molecule has 0 aliphatic carbocycles. The summed E-state index contributed by atoms with van der Waals surface area (Å²) in [6.45, 7) is 4.00. The molecule has 0 radical (unpaired) electrons. The molecule has 3 heterocycles.